The van der Waals surface area contributed by atoms with Crippen molar-refractivity contribution in [1.82, 2.24) is 15.6 Å². The fourth-order valence-electron chi connectivity index (χ4n) is 3.62. The van der Waals surface area contributed by atoms with Gasteiger partial charge in [0.1, 0.15) is 6.04 Å². The molecule has 2 heterocycles. The molecule has 2 aromatic heterocycles. The summed E-state index contributed by atoms with van der Waals surface area (Å²) in [7, 11) is 0. The van der Waals surface area contributed by atoms with Crippen LogP contribution in [0, 0.1) is 0 Å². The topological polar surface area (TPSA) is 87.1 Å². The Morgan fingerprint density at radius 1 is 1.03 bits per heavy atom. The van der Waals surface area contributed by atoms with E-state index in [4.69, 9.17) is 16.0 Å². The van der Waals surface area contributed by atoms with Crippen molar-refractivity contribution in [1.29, 1.82) is 0 Å². The molecule has 0 radical (unpaired) electrons. The van der Waals surface area contributed by atoms with Crippen LogP contribution in [0.25, 0.3) is 10.9 Å². The maximum atomic E-state index is 12.7. The molecule has 158 valence electrons. The molecule has 0 fully saturated rings. The number of furan rings is 1. The van der Waals surface area contributed by atoms with Crippen LogP contribution in [0.15, 0.2) is 77.5 Å². The monoisotopic (exact) mass is 435 g/mol. The van der Waals surface area contributed by atoms with Crippen LogP contribution in [0.3, 0.4) is 0 Å². The molecule has 7 heteroatoms. The largest absolute Gasteiger partial charge is 0.459 e. The number of aromatic nitrogens is 1. The van der Waals surface area contributed by atoms with Gasteiger partial charge in [-0.25, -0.2) is 0 Å². The molecule has 2 aromatic carbocycles. The first-order valence-electron chi connectivity index (χ1n) is 9.97. The highest BCUT2D eigenvalue weighted by Crippen LogP contribution is 2.34. The average molecular weight is 436 g/mol. The van der Waals surface area contributed by atoms with E-state index >= 15 is 0 Å². The average Bonchev–Trinajstić information content (AvgIpc) is 3.45. The van der Waals surface area contributed by atoms with E-state index < -0.39 is 11.9 Å². The smallest absolute Gasteiger partial charge is 0.287 e. The molecule has 0 aliphatic carbocycles. The van der Waals surface area contributed by atoms with Crippen molar-refractivity contribution in [2.24, 2.45) is 0 Å². The lowest BCUT2D eigenvalue weighted by molar-refractivity contribution is -0.122. The predicted octanol–water partition coefficient (Wildman–Crippen LogP) is 4.48. The Kier molecular flexibility index (Phi) is 6.09. The van der Waals surface area contributed by atoms with Crippen molar-refractivity contribution < 1.29 is 14.0 Å². The highest BCUT2D eigenvalue weighted by molar-refractivity contribution is 6.31. The number of hydrogen-bond acceptors (Lipinski definition) is 3. The summed E-state index contributed by atoms with van der Waals surface area (Å²) in [6.07, 6.45) is 3.36. The van der Waals surface area contributed by atoms with Gasteiger partial charge in [0.05, 0.1) is 6.26 Å². The summed E-state index contributed by atoms with van der Waals surface area (Å²) in [5.41, 5.74) is 2.97. The van der Waals surface area contributed by atoms with E-state index in [1.54, 1.807) is 19.1 Å². The SMILES string of the molecule is CC(NC(=O)c1ccco1)C(=O)NCC(c1ccccc1Cl)c1c[nH]c2ccccc12. The van der Waals surface area contributed by atoms with Crippen LogP contribution in [0.4, 0.5) is 0 Å². The molecule has 4 rings (SSSR count). The van der Waals surface area contributed by atoms with E-state index in [0.717, 1.165) is 22.0 Å². The number of halogens is 1. The Morgan fingerprint density at radius 2 is 1.81 bits per heavy atom. The van der Waals surface area contributed by atoms with E-state index in [2.05, 4.69) is 15.6 Å². The zero-order valence-corrected chi connectivity index (χ0v) is 17.6. The van der Waals surface area contributed by atoms with Gasteiger partial charge in [-0.05, 0) is 42.3 Å². The minimum absolute atomic E-state index is 0.160. The molecule has 0 aliphatic rings. The number of fused-ring (bicyclic) bond motifs is 1. The number of amides is 2. The quantitative estimate of drug-likeness (QED) is 0.400. The maximum Gasteiger partial charge on any atom is 0.287 e. The normalized spacial score (nSPS) is 13.0. The van der Waals surface area contributed by atoms with Crippen LogP contribution in [0.1, 0.15) is 34.5 Å². The van der Waals surface area contributed by atoms with Crippen LogP contribution < -0.4 is 10.6 Å². The zero-order valence-electron chi connectivity index (χ0n) is 16.9. The number of carbonyl (C=O) groups excluding carboxylic acids is 2. The molecule has 0 bridgehead atoms. The zero-order chi connectivity index (χ0) is 21.8. The summed E-state index contributed by atoms with van der Waals surface area (Å²) in [6, 6.07) is 18.0. The standard InChI is InChI=1S/C24H22ClN3O3/c1-15(28-24(30)22-11-6-12-31-22)23(29)27-14-18(16-7-2-4-9-20(16)25)19-13-26-21-10-5-3-8-17(19)21/h2-13,15,18,26H,14H2,1H3,(H,27,29)(H,28,30). The molecule has 6 nitrogen and oxygen atoms in total. The van der Waals surface area contributed by atoms with Crippen LogP contribution in [-0.2, 0) is 4.79 Å². The molecule has 2 atom stereocenters. The number of hydrogen-bond donors (Lipinski definition) is 3. The lowest BCUT2D eigenvalue weighted by Crippen LogP contribution is -2.45. The molecule has 2 amide bonds. The highest BCUT2D eigenvalue weighted by Gasteiger charge is 2.23. The summed E-state index contributed by atoms with van der Waals surface area (Å²) >= 11 is 6.50. The lowest BCUT2D eigenvalue weighted by Gasteiger charge is -2.21. The van der Waals surface area contributed by atoms with E-state index in [0.29, 0.717) is 11.6 Å². The van der Waals surface area contributed by atoms with E-state index in [1.807, 2.05) is 54.7 Å². The first kappa shape index (κ1) is 20.8. The summed E-state index contributed by atoms with van der Waals surface area (Å²) in [5, 5.41) is 7.30. The third-order valence-electron chi connectivity index (χ3n) is 5.24. The number of H-pyrrole nitrogens is 1. The van der Waals surface area contributed by atoms with Gasteiger partial charge in [-0.3, -0.25) is 9.59 Å². The fourth-order valence-corrected chi connectivity index (χ4v) is 3.89. The molecule has 3 N–H and O–H groups in total. The van der Waals surface area contributed by atoms with Crippen molar-refractivity contribution in [3.63, 3.8) is 0 Å². The van der Waals surface area contributed by atoms with Crippen molar-refractivity contribution in [3.8, 4) is 0 Å². The predicted molar refractivity (Wildman–Crippen MR) is 120 cm³/mol. The number of nitrogens with one attached hydrogen (secondary N) is 3. The first-order valence-corrected chi connectivity index (χ1v) is 10.3. The lowest BCUT2D eigenvalue weighted by atomic mass is 9.90. The second-order valence-electron chi connectivity index (χ2n) is 7.28. The van der Waals surface area contributed by atoms with E-state index in [-0.39, 0.29) is 17.6 Å². The molecule has 0 saturated heterocycles. The van der Waals surface area contributed by atoms with Crippen LogP contribution in [0.5, 0.6) is 0 Å². The van der Waals surface area contributed by atoms with Gasteiger partial charge < -0.3 is 20.0 Å². The number of benzene rings is 2. The molecule has 0 spiro atoms. The second kappa shape index (κ2) is 9.10. The number of para-hydroxylation sites is 1. The van der Waals surface area contributed by atoms with Gasteiger partial charge >= 0.3 is 0 Å². The van der Waals surface area contributed by atoms with Gasteiger partial charge in [0.25, 0.3) is 5.91 Å². The molecule has 31 heavy (non-hydrogen) atoms. The third-order valence-corrected chi connectivity index (χ3v) is 5.59. The van der Waals surface area contributed by atoms with Gasteiger partial charge in [-0.15, -0.1) is 0 Å². The van der Waals surface area contributed by atoms with Crippen molar-refractivity contribution in [2.45, 2.75) is 18.9 Å². The van der Waals surface area contributed by atoms with Crippen LogP contribution in [-0.4, -0.2) is 29.4 Å². The summed E-state index contributed by atoms with van der Waals surface area (Å²) in [4.78, 5) is 28.1. The minimum Gasteiger partial charge on any atom is -0.459 e. The Bertz CT molecular complexity index is 1200. The van der Waals surface area contributed by atoms with Crippen LogP contribution >= 0.6 is 11.6 Å². The fraction of sp³-hybridized carbons (Fsp3) is 0.167. The molecular weight excluding hydrogens is 414 g/mol. The van der Waals surface area contributed by atoms with Gasteiger partial charge in [0, 0.05) is 34.6 Å². The summed E-state index contributed by atoms with van der Waals surface area (Å²) in [5.74, 6) is -0.738. The second-order valence-corrected chi connectivity index (χ2v) is 7.69. The Morgan fingerprint density at radius 3 is 2.58 bits per heavy atom. The van der Waals surface area contributed by atoms with E-state index in [9.17, 15) is 9.59 Å². The molecule has 2 unspecified atom stereocenters. The van der Waals surface area contributed by atoms with Crippen LogP contribution in [0.2, 0.25) is 5.02 Å². The summed E-state index contributed by atoms with van der Waals surface area (Å²) < 4.78 is 5.07. The third kappa shape index (κ3) is 4.49. The van der Waals surface area contributed by atoms with Gasteiger partial charge in [-0.2, -0.15) is 0 Å². The molecule has 0 aliphatic heterocycles. The van der Waals surface area contributed by atoms with Gasteiger partial charge in [-0.1, -0.05) is 48.0 Å². The number of carbonyl (C=O) groups is 2. The van der Waals surface area contributed by atoms with Crippen molar-refractivity contribution >= 4 is 34.3 Å². The number of aromatic amines is 1. The van der Waals surface area contributed by atoms with E-state index in [1.165, 1.54) is 6.26 Å². The minimum atomic E-state index is -0.729. The van der Waals surface area contributed by atoms with Crippen molar-refractivity contribution in [3.05, 3.63) is 95.0 Å². The molecular formula is C24H22ClN3O3. The number of rotatable bonds is 7. The molecule has 4 aromatic rings. The molecule has 0 saturated carbocycles. The maximum absolute atomic E-state index is 12.7. The summed E-state index contributed by atoms with van der Waals surface area (Å²) in [6.45, 7) is 1.96. The van der Waals surface area contributed by atoms with Gasteiger partial charge in [0.2, 0.25) is 5.91 Å². The van der Waals surface area contributed by atoms with Crippen molar-refractivity contribution in [2.75, 3.05) is 6.54 Å². The Hall–Kier alpha value is -3.51. The highest BCUT2D eigenvalue weighted by atomic mass is 35.5. The first-order chi connectivity index (χ1) is 15.0. The van der Waals surface area contributed by atoms with Gasteiger partial charge in [0.15, 0.2) is 5.76 Å². The Balaban J connectivity index is 1.53. The Labute approximate surface area is 184 Å².